The van der Waals surface area contributed by atoms with E-state index in [-0.39, 0.29) is 28.9 Å². The minimum Gasteiger partial charge on any atom is -0.352 e. The lowest BCUT2D eigenvalue weighted by atomic mass is 10.2. The van der Waals surface area contributed by atoms with Crippen LogP contribution in [0.3, 0.4) is 0 Å². The lowest BCUT2D eigenvalue weighted by Crippen LogP contribution is -2.36. The van der Waals surface area contributed by atoms with Crippen LogP contribution >= 0.6 is 24.0 Å². The Hall–Kier alpha value is -1.66. The summed E-state index contributed by atoms with van der Waals surface area (Å²) < 4.78 is 27.1. The number of hydrogen-bond acceptors (Lipinski definition) is 4. The standard InChI is InChI=1S/C16H24N6O2S.HI/c1-17-16(19-12-14-9-10-20-22(14)4)18-11-13-5-7-15(8-6-13)25(23,24)21(2)3;/h5-10H,11-12H2,1-4H3,(H2,17,18,19);1H. The maximum absolute atomic E-state index is 12.1. The van der Waals surface area contributed by atoms with E-state index >= 15 is 0 Å². The third kappa shape index (κ3) is 5.68. The van der Waals surface area contributed by atoms with E-state index in [4.69, 9.17) is 0 Å². The molecule has 0 unspecified atom stereocenters. The highest BCUT2D eigenvalue weighted by Crippen LogP contribution is 2.13. The summed E-state index contributed by atoms with van der Waals surface area (Å²) >= 11 is 0. The molecule has 1 aromatic carbocycles. The van der Waals surface area contributed by atoms with Crippen molar-refractivity contribution in [2.45, 2.75) is 18.0 Å². The van der Waals surface area contributed by atoms with Gasteiger partial charge < -0.3 is 10.6 Å². The Kier molecular flexibility index (Phi) is 8.50. The van der Waals surface area contributed by atoms with E-state index in [1.807, 2.05) is 13.1 Å². The molecule has 2 aromatic rings. The Labute approximate surface area is 171 Å². The van der Waals surface area contributed by atoms with Crippen LogP contribution in [0.1, 0.15) is 11.3 Å². The molecule has 0 spiro atoms. The largest absolute Gasteiger partial charge is 0.352 e. The average Bonchev–Trinajstić information content (AvgIpc) is 3.00. The molecule has 0 atom stereocenters. The van der Waals surface area contributed by atoms with Crippen molar-refractivity contribution >= 4 is 40.0 Å². The summed E-state index contributed by atoms with van der Waals surface area (Å²) in [7, 11) is 3.22. The molecule has 0 aliphatic heterocycles. The van der Waals surface area contributed by atoms with Crippen LogP contribution in [0.4, 0.5) is 0 Å². The fourth-order valence-electron chi connectivity index (χ4n) is 2.15. The van der Waals surface area contributed by atoms with Gasteiger partial charge in [0.15, 0.2) is 5.96 Å². The molecule has 26 heavy (non-hydrogen) atoms. The van der Waals surface area contributed by atoms with Crippen molar-refractivity contribution in [2.75, 3.05) is 21.1 Å². The lowest BCUT2D eigenvalue weighted by Gasteiger charge is -2.13. The van der Waals surface area contributed by atoms with Crippen molar-refractivity contribution in [1.82, 2.24) is 24.7 Å². The van der Waals surface area contributed by atoms with Crippen LogP contribution in [0.5, 0.6) is 0 Å². The Bertz CT molecular complexity index is 831. The van der Waals surface area contributed by atoms with Gasteiger partial charge in [0.05, 0.1) is 17.1 Å². The van der Waals surface area contributed by atoms with Crippen LogP contribution in [0.2, 0.25) is 0 Å². The number of aryl methyl sites for hydroxylation is 1. The molecule has 2 N–H and O–H groups in total. The molecule has 0 aliphatic carbocycles. The molecule has 0 bridgehead atoms. The molecule has 1 heterocycles. The molecule has 0 radical (unpaired) electrons. The second-order valence-corrected chi connectivity index (χ2v) is 7.81. The van der Waals surface area contributed by atoms with Gasteiger partial charge in [0.25, 0.3) is 0 Å². The number of rotatable bonds is 6. The molecular weight excluding hydrogens is 467 g/mol. The summed E-state index contributed by atoms with van der Waals surface area (Å²) in [5.74, 6) is 0.659. The van der Waals surface area contributed by atoms with Gasteiger partial charge in [-0.2, -0.15) is 5.10 Å². The molecule has 10 heteroatoms. The van der Waals surface area contributed by atoms with E-state index in [9.17, 15) is 8.42 Å². The van der Waals surface area contributed by atoms with Gasteiger partial charge in [0.2, 0.25) is 10.0 Å². The summed E-state index contributed by atoms with van der Waals surface area (Å²) in [6, 6.07) is 8.73. The van der Waals surface area contributed by atoms with Crippen molar-refractivity contribution in [3.63, 3.8) is 0 Å². The number of nitrogens with zero attached hydrogens (tertiary/aromatic N) is 4. The fraction of sp³-hybridized carbons (Fsp3) is 0.375. The summed E-state index contributed by atoms with van der Waals surface area (Å²) in [6.45, 7) is 1.14. The zero-order valence-electron chi connectivity index (χ0n) is 15.3. The van der Waals surface area contributed by atoms with E-state index in [1.165, 1.54) is 18.4 Å². The number of hydrogen-bond donors (Lipinski definition) is 2. The fourth-order valence-corrected chi connectivity index (χ4v) is 3.05. The van der Waals surface area contributed by atoms with Gasteiger partial charge in [-0.1, -0.05) is 12.1 Å². The van der Waals surface area contributed by atoms with E-state index < -0.39 is 10.0 Å². The second kappa shape index (κ2) is 9.88. The predicted octanol–water partition coefficient (Wildman–Crippen LogP) is 1.15. The Balaban J connectivity index is 0.00000338. The third-order valence-electron chi connectivity index (χ3n) is 3.74. The van der Waals surface area contributed by atoms with Gasteiger partial charge >= 0.3 is 0 Å². The molecule has 144 valence electrons. The van der Waals surface area contributed by atoms with Gasteiger partial charge in [-0.15, -0.1) is 24.0 Å². The van der Waals surface area contributed by atoms with Crippen LogP contribution in [-0.4, -0.2) is 49.6 Å². The predicted molar refractivity (Wildman–Crippen MR) is 113 cm³/mol. The van der Waals surface area contributed by atoms with Gasteiger partial charge in [0, 0.05) is 40.9 Å². The highest BCUT2D eigenvalue weighted by atomic mass is 127. The SMILES string of the molecule is CN=C(NCc1ccc(S(=O)(=O)N(C)C)cc1)NCc1ccnn1C.I. The number of aromatic nitrogens is 2. The van der Waals surface area contributed by atoms with Crippen molar-refractivity contribution < 1.29 is 8.42 Å². The quantitative estimate of drug-likeness (QED) is 0.359. The minimum absolute atomic E-state index is 0. The molecule has 0 amide bonds. The first-order valence-corrected chi connectivity index (χ1v) is 9.21. The molecular formula is C16H25IN6O2S. The van der Waals surface area contributed by atoms with Gasteiger partial charge in [-0.3, -0.25) is 9.67 Å². The summed E-state index contributed by atoms with van der Waals surface area (Å²) in [6.07, 6.45) is 1.75. The Morgan fingerprint density at radius 3 is 2.27 bits per heavy atom. The topological polar surface area (TPSA) is 91.6 Å². The van der Waals surface area contributed by atoms with E-state index in [1.54, 1.807) is 42.2 Å². The van der Waals surface area contributed by atoms with Crippen molar-refractivity contribution in [1.29, 1.82) is 0 Å². The number of guanidine groups is 1. The van der Waals surface area contributed by atoms with Crippen LogP contribution in [0.15, 0.2) is 46.4 Å². The minimum atomic E-state index is -3.40. The van der Waals surface area contributed by atoms with E-state index in [0.717, 1.165) is 11.3 Å². The first kappa shape index (κ1) is 22.4. The maximum atomic E-state index is 12.1. The average molecular weight is 492 g/mol. The Morgan fingerprint density at radius 1 is 1.15 bits per heavy atom. The van der Waals surface area contributed by atoms with E-state index in [0.29, 0.717) is 19.0 Å². The van der Waals surface area contributed by atoms with Gasteiger partial charge in [0.1, 0.15) is 0 Å². The highest BCUT2D eigenvalue weighted by Gasteiger charge is 2.16. The smallest absolute Gasteiger partial charge is 0.242 e. The van der Waals surface area contributed by atoms with Crippen molar-refractivity contribution in [3.8, 4) is 0 Å². The lowest BCUT2D eigenvalue weighted by molar-refractivity contribution is 0.520. The van der Waals surface area contributed by atoms with Crippen LogP contribution in [0.25, 0.3) is 0 Å². The molecule has 8 nitrogen and oxygen atoms in total. The number of nitrogens with one attached hydrogen (secondary N) is 2. The number of aliphatic imine (C=N–C) groups is 1. The monoisotopic (exact) mass is 492 g/mol. The van der Waals surface area contributed by atoms with Crippen molar-refractivity contribution in [3.05, 3.63) is 47.8 Å². The van der Waals surface area contributed by atoms with Crippen LogP contribution in [0, 0.1) is 0 Å². The second-order valence-electron chi connectivity index (χ2n) is 5.66. The molecule has 0 aliphatic rings. The number of halogens is 1. The number of benzene rings is 1. The zero-order valence-corrected chi connectivity index (χ0v) is 18.4. The normalized spacial score (nSPS) is 12.0. The highest BCUT2D eigenvalue weighted by molar-refractivity contribution is 14.0. The van der Waals surface area contributed by atoms with Gasteiger partial charge in [-0.05, 0) is 23.8 Å². The molecule has 0 saturated carbocycles. The molecule has 0 saturated heterocycles. The van der Waals surface area contributed by atoms with Crippen LogP contribution in [-0.2, 0) is 30.2 Å². The third-order valence-corrected chi connectivity index (χ3v) is 5.57. The zero-order chi connectivity index (χ0) is 18.4. The summed E-state index contributed by atoms with van der Waals surface area (Å²) in [5.41, 5.74) is 2.00. The summed E-state index contributed by atoms with van der Waals surface area (Å²) in [5, 5.41) is 10.5. The molecule has 2 rings (SSSR count). The van der Waals surface area contributed by atoms with Gasteiger partial charge in [-0.25, -0.2) is 12.7 Å². The first-order valence-electron chi connectivity index (χ1n) is 7.77. The maximum Gasteiger partial charge on any atom is 0.242 e. The Morgan fingerprint density at radius 2 is 1.77 bits per heavy atom. The molecule has 1 aromatic heterocycles. The summed E-state index contributed by atoms with van der Waals surface area (Å²) in [4.78, 5) is 4.45. The number of sulfonamides is 1. The molecule has 0 fully saturated rings. The first-order chi connectivity index (χ1) is 11.8. The van der Waals surface area contributed by atoms with Crippen molar-refractivity contribution in [2.24, 2.45) is 12.0 Å². The van der Waals surface area contributed by atoms with E-state index in [2.05, 4.69) is 20.7 Å². The van der Waals surface area contributed by atoms with Crippen LogP contribution < -0.4 is 10.6 Å².